The van der Waals surface area contributed by atoms with Crippen molar-refractivity contribution in [3.63, 3.8) is 0 Å². The third-order valence-corrected chi connectivity index (χ3v) is 4.56. The van der Waals surface area contributed by atoms with E-state index in [1.807, 2.05) is 6.07 Å². The summed E-state index contributed by atoms with van der Waals surface area (Å²) in [5, 5.41) is 17.2. The minimum absolute atomic E-state index is 0.182. The van der Waals surface area contributed by atoms with Crippen LogP contribution in [0.3, 0.4) is 0 Å². The Morgan fingerprint density at radius 1 is 0.968 bits per heavy atom. The fraction of sp³-hybridized carbons (Fsp3) is 0.0909. The molecule has 1 heterocycles. The van der Waals surface area contributed by atoms with E-state index in [0.29, 0.717) is 27.6 Å². The first-order chi connectivity index (χ1) is 14.8. The molecule has 0 aliphatic carbocycles. The molecule has 31 heavy (non-hydrogen) atoms. The molecule has 0 fully saturated rings. The standard InChI is InChI=1S/C22H13F3N4O2/c23-22(24,25)31-18-8-5-16(6-9-18)17-7-10-20-19(11-17)21(30)29(28-27-20)13-15-3-1-14(12-26)2-4-15/h1-11H,13H2. The Bertz CT molecular complexity index is 1340. The van der Waals surface area contributed by atoms with Crippen LogP contribution in [0.5, 0.6) is 5.75 Å². The lowest BCUT2D eigenvalue weighted by molar-refractivity contribution is -0.274. The van der Waals surface area contributed by atoms with Gasteiger partial charge in [0, 0.05) is 0 Å². The van der Waals surface area contributed by atoms with Crippen LogP contribution in [0.15, 0.2) is 71.5 Å². The summed E-state index contributed by atoms with van der Waals surface area (Å²) < 4.78 is 42.1. The number of fused-ring (bicyclic) bond motifs is 1. The van der Waals surface area contributed by atoms with Crippen LogP contribution in [0.25, 0.3) is 22.0 Å². The Morgan fingerprint density at radius 3 is 2.29 bits per heavy atom. The molecule has 0 saturated carbocycles. The van der Waals surface area contributed by atoms with Crippen LogP contribution in [0.1, 0.15) is 11.1 Å². The van der Waals surface area contributed by atoms with Gasteiger partial charge in [-0.05, 0) is 53.1 Å². The lowest BCUT2D eigenvalue weighted by atomic mass is 10.0. The molecule has 3 aromatic carbocycles. The number of rotatable bonds is 4. The van der Waals surface area contributed by atoms with E-state index in [9.17, 15) is 18.0 Å². The van der Waals surface area contributed by atoms with Gasteiger partial charge in [-0.3, -0.25) is 4.79 Å². The quantitative estimate of drug-likeness (QED) is 0.491. The van der Waals surface area contributed by atoms with E-state index in [1.54, 1.807) is 42.5 Å². The number of halogens is 3. The molecule has 0 aliphatic rings. The highest BCUT2D eigenvalue weighted by Gasteiger charge is 2.30. The van der Waals surface area contributed by atoms with Crippen molar-refractivity contribution in [2.75, 3.05) is 0 Å². The van der Waals surface area contributed by atoms with Crippen LogP contribution in [-0.2, 0) is 6.54 Å². The van der Waals surface area contributed by atoms with E-state index >= 15 is 0 Å². The van der Waals surface area contributed by atoms with Gasteiger partial charge in [-0.2, -0.15) is 5.26 Å². The molecule has 0 atom stereocenters. The third kappa shape index (κ3) is 4.53. The summed E-state index contributed by atoms with van der Waals surface area (Å²) in [7, 11) is 0. The summed E-state index contributed by atoms with van der Waals surface area (Å²) in [6.45, 7) is 0.182. The van der Waals surface area contributed by atoms with E-state index in [4.69, 9.17) is 5.26 Å². The zero-order valence-electron chi connectivity index (χ0n) is 15.8. The molecule has 0 unspecified atom stereocenters. The van der Waals surface area contributed by atoms with Crippen molar-refractivity contribution in [1.82, 2.24) is 15.0 Å². The predicted octanol–water partition coefficient (Wildman–Crippen LogP) is 4.28. The van der Waals surface area contributed by atoms with Gasteiger partial charge in [0.05, 0.1) is 23.6 Å². The van der Waals surface area contributed by atoms with Gasteiger partial charge in [0.2, 0.25) is 0 Å². The molecule has 0 saturated heterocycles. The third-order valence-electron chi connectivity index (χ3n) is 4.56. The van der Waals surface area contributed by atoms with E-state index in [1.165, 1.54) is 28.9 Å². The van der Waals surface area contributed by atoms with Gasteiger partial charge >= 0.3 is 6.36 Å². The van der Waals surface area contributed by atoms with E-state index in [0.717, 1.165) is 5.56 Å². The van der Waals surface area contributed by atoms with Gasteiger partial charge < -0.3 is 4.74 Å². The Labute approximate surface area is 173 Å². The number of hydrogen-bond donors (Lipinski definition) is 0. The van der Waals surface area contributed by atoms with Gasteiger partial charge in [0.25, 0.3) is 5.56 Å². The summed E-state index contributed by atoms with van der Waals surface area (Å²) in [5.74, 6) is -0.326. The van der Waals surface area contributed by atoms with Crippen molar-refractivity contribution in [3.8, 4) is 22.9 Å². The predicted molar refractivity (Wildman–Crippen MR) is 106 cm³/mol. The second-order valence-corrected chi connectivity index (χ2v) is 6.67. The van der Waals surface area contributed by atoms with Gasteiger partial charge in [-0.1, -0.05) is 35.5 Å². The maximum atomic E-state index is 12.9. The molecule has 0 radical (unpaired) electrons. The topological polar surface area (TPSA) is 80.8 Å². The van der Waals surface area contributed by atoms with Gasteiger partial charge in [0.1, 0.15) is 11.3 Å². The molecule has 1 aromatic heterocycles. The summed E-state index contributed by atoms with van der Waals surface area (Å²) in [5.41, 5.74) is 2.60. The van der Waals surface area contributed by atoms with Crippen molar-refractivity contribution in [1.29, 1.82) is 5.26 Å². The highest BCUT2D eigenvalue weighted by Crippen LogP contribution is 2.27. The molecule has 4 aromatic rings. The number of benzene rings is 3. The lowest BCUT2D eigenvalue weighted by Gasteiger charge is -2.10. The van der Waals surface area contributed by atoms with Crippen LogP contribution < -0.4 is 10.3 Å². The van der Waals surface area contributed by atoms with Gasteiger partial charge in [0.15, 0.2) is 0 Å². The van der Waals surface area contributed by atoms with E-state index < -0.39 is 6.36 Å². The molecule has 0 spiro atoms. The first-order valence-electron chi connectivity index (χ1n) is 9.05. The van der Waals surface area contributed by atoms with Crippen molar-refractivity contribution in [2.24, 2.45) is 0 Å². The molecule has 0 aliphatic heterocycles. The molecule has 154 valence electrons. The fourth-order valence-corrected chi connectivity index (χ4v) is 3.07. The van der Waals surface area contributed by atoms with Crippen molar-refractivity contribution >= 4 is 10.9 Å². The maximum Gasteiger partial charge on any atom is 0.573 e. The molecule has 9 heteroatoms. The second-order valence-electron chi connectivity index (χ2n) is 6.67. The minimum Gasteiger partial charge on any atom is -0.406 e. The minimum atomic E-state index is -4.76. The zero-order valence-corrected chi connectivity index (χ0v) is 15.8. The summed E-state index contributed by atoms with van der Waals surface area (Å²) in [6, 6.07) is 19.1. The number of aromatic nitrogens is 3. The summed E-state index contributed by atoms with van der Waals surface area (Å²) in [4.78, 5) is 12.9. The molecule has 0 bridgehead atoms. The smallest absolute Gasteiger partial charge is 0.406 e. The van der Waals surface area contributed by atoms with Crippen LogP contribution >= 0.6 is 0 Å². The Kier molecular flexibility index (Phi) is 5.13. The molecule has 0 N–H and O–H groups in total. The van der Waals surface area contributed by atoms with E-state index in [-0.39, 0.29) is 17.9 Å². The normalized spacial score (nSPS) is 11.3. The fourth-order valence-electron chi connectivity index (χ4n) is 3.07. The number of hydrogen-bond acceptors (Lipinski definition) is 5. The van der Waals surface area contributed by atoms with Gasteiger partial charge in [-0.25, -0.2) is 4.68 Å². The summed E-state index contributed by atoms with van der Waals surface area (Å²) in [6.07, 6.45) is -4.76. The summed E-state index contributed by atoms with van der Waals surface area (Å²) >= 11 is 0. The van der Waals surface area contributed by atoms with Crippen molar-refractivity contribution in [2.45, 2.75) is 12.9 Å². The molecule has 6 nitrogen and oxygen atoms in total. The average molecular weight is 422 g/mol. The molecular formula is C22H13F3N4O2. The number of ether oxygens (including phenoxy) is 1. The molecule has 4 rings (SSSR count). The molecular weight excluding hydrogens is 409 g/mol. The average Bonchev–Trinajstić information content (AvgIpc) is 2.75. The highest BCUT2D eigenvalue weighted by atomic mass is 19.4. The monoisotopic (exact) mass is 422 g/mol. The van der Waals surface area contributed by atoms with Crippen LogP contribution in [0.2, 0.25) is 0 Å². The largest absolute Gasteiger partial charge is 0.573 e. The van der Waals surface area contributed by atoms with Crippen molar-refractivity contribution in [3.05, 3.63) is 88.2 Å². The maximum absolute atomic E-state index is 12.9. The van der Waals surface area contributed by atoms with E-state index in [2.05, 4.69) is 15.0 Å². The number of nitrogens with zero attached hydrogens (tertiary/aromatic N) is 4. The first kappa shape index (κ1) is 20.1. The van der Waals surface area contributed by atoms with Gasteiger partial charge in [-0.15, -0.1) is 18.3 Å². The Hall–Kier alpha value is -4.19. The molecule has 0 amide bonds. The highest BCUT2D eigenvalue weighted by molar-refractivity contribution is 5.83. The first-order valence-corrected chi connectivity index (χ1v) is 9.05. The Balaban J connectivity index is 1.65. The Morgan fingerprint density at radius 2 is 1.65 bits per heavy atom. The number of nitriles is 1. The number of alkyl halides is 3. The zero-order chi connectivity index (χ0) is 22.0. The second kappa shape index (κ2) is 7.91. The van der Waals surface area contributed by atoms with Crippen LogP contribution in [0.4, 0.5) is 13.2 Å². The van der Waals surface area contributed by atoms with Crippen LogP contribution in [0, 0.1) is 11.3 Å². The van der Waals surface area contributed by atoms with Crippen molar-refractivity contribution < 1.29 is 17.9 Å². The SMILES string of the molecule is N#Cc1ccc(Cn2nnc3ccc(-c4ccc(OC(F)(F)F)cc4)cc3c2=O)cc1. The lowest BCUT2D eigenvalue weighted by Crippen LogP contribution is -2.24. The van der Waals surface area contributed by atoms with Crippen LogP contribution in [-0.4, -0.2) is 21.4 Å².